The Hall–Kier alpha value is -1.57. The molecule has 7 nitrogen and oxygen atoms in total. The van der Waals surface area contributed by atoms with Crippen LogP contribution in [0.1, 0.15) is 37.3 Å². The molecule has 1 aromatic rings. The van der Waals surface area contributed by atoms with E-state index in [2.05, 4.69) is 20.1 Å². The molecular formula is C14H21N5O2S. The molecule has 1 N–H and O–H groups in total. The number of thioether (sulfide) groups is 1. The van der Waals surface area contributed by atoms with Crippen LogP contribution in [0.5, 0.6) is 0 Å². The van der Waals surface area contributed by atoms with Gasteiger partial charge in [-0.05, 0) is 12.8 Å². The zero-order chi connectivity index (χ0) is 15.4. The van der Waals surface area contributed by atoms with Crippen molar-refractivity contribution >= 4 is 22.9 Å². The van der Waals surface area contributed by atoms with Gasteiger partial charge in [-0.3, -0.25) is 9.59 Å². The number of aryl methyl sites for hydroxylation is 1. The number of aromatic nitrogens is 3. The van der Waals surface area contributed by atoms with Gasteiger partial charge in [0.25, 0.3) is 5.24 Å². The second-order valence-corrected chi connectivity index (χ2v) is 6.67. The van der Waals surface area contributed by atoms with E-state index in [-0.39, 0.29) is 11.1 Å². The zero-order valence-corrected chi connectivity index (χ0v) is 13.4. The molecule has 8 heteroatoms. The summed E-state index contributed by atoms with van der Waals surface area (Å²) >= 11 is 1.32. The van der Waals surface area contributed by atoms with Crippen LogP contribution in [-0.2, 0) is 24.3 Å². The molecule has 2 aliphatic rings. The second kappa shape index (κ2) is 7.13. The molecule has 0 spiro atoms. The van der Waals surface area contributed by atoms with Crippen LogP contribution in [0.2, 0.25) is 0 Å². The molecule has 0 atom stereocenters. The van der Waals surface area contributed by atoms with Gasteiger partial charge in [0.15, 0.2) is 5.82 Å². The molecule has 3 rings (SSSR count). The summed E-state index contributed by atoms with van der Waals surface area (Å²) in [6.07, 6.45) is 4.83. The molecule has 1 aromatic heterocycles. The van der Waals surface area contributed by atoms with Crippen LogP contribution >= 0.6 is 11.8 Å². The van der Waals surface area contributed by atoms with Crippen molar-refractivity contribution in [3.63, 3.8) is 0 Å². The van der Waals surface area contributed by atoms with Crippen LogP contribution in [-0.4, -0.2) is 49.7 Å². The number of fused-ring (bicyclic) bond motifs is 1. The predicted molar refractivity (Wildman–Crippen MR) is 83.5 cm³/mol. The van der Waals surface area contributed by atoms with Gasteiger partial charge in [0, 0.05) is 38.2 Å². The molecule has 0 aromatic carbocycles. The minimum atomic E-state index is -0.0457. The second-order valence-electron chi connectivity index (χ2n) is 5.62. The van der Waals surface area contributed by atoms with E-state index in [4.69, 9.17) is 0 Å². The molecule has 0 radical (unpaired) electrons. The zero-order valence-electron chi connectivity index (χ0n) is 12.6. The fourth-order valence-electron chi connectivity index (χ4n) is 2.81. The van der Waals surface area contributed by atoms with E-state index in [0.717, 1.165) is 49.8 Å². The Morgan fingerprint density at radius 3 is 2.95 bits per heavy atom. The van der Waals surface area contributed by atoms with Gasteiger partial charge in [0.2, 0.25) is 5.91 Å². The summed E-state index contributed by atoms with van der Waals surface area (Å²) < 4.78 is 2.13. The SMILES string of the molecule is O=C(CCN1CCSC1=O)NCc1nnc2n1CCCCC2. The molecular weight excluding hydrogens is 302 g/mol. The first-order chi connectivity index (χ1) is 10.7. The number of rotatable bonds is 5. The fourth-order valence-corrected chi connectivity index (χ4v) is 3.66. The number of carbonyl (C=O) groups is 2. The summed E-state index contributed by atoms with van der Waals surface area (Å²) in [5.74, 6) is 2.64. The van der Waals surface area contributed by atoms with Crippen molar-refractivity contribution in [3.8, 4) is 0 Å². The summed E-state index contributed by atoms with van der Waals surface area (Å²) in [5, 5.41) is 11.4. The highest BCUT2D eigenvalue weighted by Crippen LogP contribution is 2.17. The van der Waals surface area contributed by atoms with Gasteiger partial charge in [-0.15, -0.1) is 10.2 Å². The number of hydrogen-bond donors (Lipinski definition) is 1. The van der Waals surface area contributed by atoms with Crippen molar-refractivity contribution in [2.24, 2.45) is 0 Å². The Morgan fingerprint density at radius 2 is 2.14 bits per heavy atom. The van der Waals surface area contributed by atoms with E-state index in [0.29, 0.717) is 19.5 Å². The average molecular weight is 323 g/mol. The number of nitrogens with zero attached hydrogens (tertiary/aromatic N) is 4. The molecule has 1 saturated heterocycles. The minimum absolute atomic E-state index is 0.0457. The highest BCUT2D eigenvalue weighted by Gasteiger charge is 2.21. The predicted octanol–water partition coefficient (Wildman–Crippen LogP) is 1.18. The first kappa shape index (κ1) is 15.3. The van der Waals surface area contributed by atoms with E-state index < -0.39 is 0 Å². The molecule has 22 heavy (non-hydrogen) atoms. The first-order valence-corrected chi connectivity index (χ1v) is 8.82. The lowest BCUT2D eigenvalue weighted by atomic mass is 10.2. The normalized spacial score (nSPS) is 18.2. The van der Waals surface area contributed by atoms with Crippen LogP contribution in [0.4, 0.5) is 4.79 Å². The highest BCUT2D eigenvalue weighted by molar-refractivity contribution is 8.13. The van der Waals surface area contributed by atoms with Crippen molar-refractivity contribution in [1.82, 2.24) is 25.0 Å². The number of nitrogens with one attached hydrogen (secondary N) is 1. The lowest BCUT2D eigenvalue weighted by Crippen LogP contribution is -2.31. The molecule has 2 amide bonds. The standard InChI is InChI=1S/C14H21N5O2S/c20-13(5-7-18-8-9-22-14(18)21)15-10-12-17-16-11-4-2-1-3-6-19(11)12/h1-10H2,(H,15,20). The van der Waals surface area contributed by atoms with Crippen LogP contribution in [0, 0.1) is 0 Å². The first-order valence-electron chi connectivity index (χ1n) is 7.83. The third-order valence-electron chi connectivity index (χ3n) is 4.08. The Morgan fingerprint density at radius 1 is 1.23 bits per heavy atom. The van der Waals surface area contributed by atoms with Crippen LogP contribution in [0.15, 0.2) is 0 Å². The fraction of sp³-hybridized carbons (Fsp3) is 0.714. The van der Waals surface area contributed by atoms with Crippen molar-refractivity contribution in [2.45, 2.75) is 45.2 Å². The molecule has 2 aliphatic heterocycles. The number of amides is 2. The third kappa shape index (κ3) is 3.60. The monoisotopic (exact) mass is 323 g/mol. The maximum absolute atomic E-state index is 11.9. The summed E-state index contributed by atoms with van der Waals surface area (Å²) in [6.45, 7) is 2.59. The van der Waals surface area contributed by atoms with Crippen molar-refractivity contribution in [2.75, 3.05) is 18.8 Å². The summed E-state index contributed by atoms with van der Waals surface area (Å²) in [5.41, 5.74) is 0. The van der Waals surface area contributed by atoms with E-state index >= 15 is 0 Å². The van der Waals surface area contributed by atoms with Crippen molar-refractivity contribution in [1.29, 1.82) is 0 Å². The van der Waals surface area contributed by atoms with E-state index in [1.165, 1.54) is 18.2 Å². The summed E-state index contributed by atoms with van der Waals surface area (Å²) in [6, 6.07) is 0. The smallest absolute Gasteiger partial charge is 0.281 e. The Kier molecular flexibility index (Phi) is 4.97. The van der Waals surface area contributed by atoms with Gasteiger partial charge in [-0.2, -0.15) is 0 Å². The Labute approximate surface area is 133 Å². The third-order valence-corrected chi connectivity index (χ3v) is 4.98. The molecule has 0 aliphatic carbocycles. The maximum atomic E-state index is 11.9. The van der Waals surface area contributed by atoms with Gasteiger partial charge in [-0.25, -0.2) is 0 Å². The molecule has 0 bridgehead atoms. The lowest BCUT2D eigenvalue weighted by molar-refractivity contribution is -0.121. The van der Waals surface area contributed by atoms with Gasteiger partial charge >= 0.3 is 0 Å². The van der Waals surface area contributed by atoms with Gasteiger partial charge in [0.1, 0.15) is 5.82 Å². The van der Waals surface area contributed by atoms with Crippen LogP contribution in [0.3, 0.4) is 0 Å². The lowest BCUT2D eigenvalue weighted by Gasteiger charge is -2.14. The van der Waals surface area contributed by atoms with E-state index in [1.54, 1.807) is 4.90 Å². The van der Waals surface area contributed by atoms with Gasteiger partial charge in [-0.1, -0.05) is 18.2 Å². The minimum Gasteiger partial charge on any atom is -0.349 e. The van der Waals surface area contributed by atoms with E-state index in [1.807, 2.05) is 0 Å². The molecule has 120 valence electrons. The van der Waals surface area contributed by atoms with Crippen molar-refractivity contribution in [3.05, 3.63) is 11.6 Å². The largest absolute Gasteiger partial charge is 0.349 e. The molecule has 0 saturated carbocycles. The molecule has 3 heterocycles. The average Bonchev–Trinajstić information content (AvgIpc) is 3.02. The number of carbonyl (C=O) groups excluding carboxylic acids is 2. The van der Waals surface area contributed by atoms with E-state index in [9.17, 15) is 9.59 Å². The van der Waals surface area contributed by atoms with Crippen LogP contribution in [0.25, 0.3) is 0 Å². The Bertz CT molecular complexity index is 559. The summed E-state index contributed by atoms with van der Waals surface area (Å²) in [4.78, 5) is 25.1. The van der Waals surface area contributed by atoms with Crippen LogP contribution < -0.4 is 5.32 Å². The number of hydrogen-bond acceptors (Lipinski definition) is 5. The quantitative estimate of drug-likeness (QED) is 0.880. The Balaban J connectivity index is 1.47. The topological polar surface area (TPSA) is 80.1 Å². The highest BCUT2D eigenvalue weighted by atomic mass is 32.2. The molecule has 1 fully saturated rings. The summed E-state index contributed by atoms with van der Waals surface area (Å²) in [7, 11) is 0. The molecule has 0 unspecified atom stereocenters. The maximum Gasteiger partial charge on any atom is 0.281 e. The van der Waals surface area contributed by atoms with Gasteiger partial charge < -0.3 is 14.8 Å². The van der Waals surface area contributed by atoms with Crippen molar-refractivity contribution < 1.29 is 9.59 Å². The van der Waals surface area contributed by atoms with Gasteiger partial charge in [0.05, 0.1) is 6.54 Å².